The third-order valence-corrected chi connectivity index (χ3v) is 7.92. The van der Waals surface area contributed by atoms with Gasteiger partial charge in [0.05, 0.1) is 18.7 Å². The van der Waals surface area contributed by atoms with Crippen molar-refractivity contribution in [1.29, 1.82) is 0 Å². The number of hydrogen-bond donors (Lipinski definition) is 0. The van der Waals surface area contributed by atoms with Crippen LogP contribution < -0.4 is 0 Å². The van der Waals surface area contributed by atoms with Crippen LogP contribution in [0.4, 0.5) is 0 Å². The number of rotatable bonds is 10. The molecule has 0 N–H and O–H groups in total. The third kappa shape index (κ3) is 5.90. The molecule has 0 bridgehead atoms. The zero-order chi connectivity index (χ0) is 28.2. The number of carbonyl (C=O) groups is 2. The maximum Gasteiger partial charge on any atom is 0.337 e. The second-order valence-corrected chi connectivity index (χ2v) is 10.9. The first-order valence-electron chi connectivity index (χ1n) is 13.4. The highest BCUT2D eigenvalue weighted by Gasteiger charge is 2.46. The summed E-state index contributed by atoms with van der Waals surface area (Å²) in [5.74, 6) is -0.473. The number of esters is 1. The number of ether oxygens (including phenoxy) is 1. The molecule has 0 aliphatic carbocycles. The number of hydrogen-bond acceptors (Lipinski definition) is 4. The van der Waals surface area contributed by atoms with Crippen molar-refractivity contribution in [2.45, 2.75) is 64.6 Å². The first-order valence-corrected chi connectivity index (χ1v) is 14.2. The molecule has 5 nitrogen and oxygen atoms in total. The van der Waals surface area contributed by atoms with E-state index in [9.17, 15) is 9.59 Å². The highest BCUT2D eigenvalue weighted by Crippen LogP contribution is 2.41. The fourth-order valence-electron chi connectivity index (χ4n) is 5.36. The van der Waals surface area contributed by atoms with Crippen molar-refractivity contribution in [3.8, 4) is 11.1 Å². The Bertz CT molecular complexity index is 1350. The van der Waals surface area contributed by atoms with Crippen LogP contribution in [-0.2, 0) is 9.53 Å². The summed E-state index contributed by atoms with van der Waals surface area (Å²) in [4.78, 5) is 33.1. The van der Waals surface area contributed by atoms with Gasteiger partial charge >= 0.3 is 5.97 Å². The minimum Gasteiger partial charge on any atom is -0.465 e. The van der Waals surface area contributed by atoms with Crippen LogP contribution in [0.2, 0.25) is 10.0 Å². The largest absolute Gasteiger partial charge is 0.465 e. The van der Waals surface area contributed by atoms with E-state index in [4.69, 9.17) is 32.9 Å². The second kappa shape index (κ2) is 12.4. The van der Waals surface area contributed by atoms with E-state index in [1.54, 1.807) is 12.1 Å². The van der Waals surface area contributed by atoms with Crippen LogP contribution in [0.5, 0.6) is 0 Å². The minimum absolute atomic E-state index is 0.0902. The van der Waals surface area contributed by atoms with Crippen LogP contribution in [-0.4, -0.2) is 35.3 Å². The van der Waals surface area contributed by atoms with E-state index in [-0.39, 0.29) is 17.9 Å². The van der Waals surface area contributed by atoms with Crippen LogP contribution in [0.1, 0.15) is 80.4 Å². The van der Waals surface area contributed by atoms with Gasteiger partial charge in [-0.25, -0.2) is 4.79 Å². The Morgan fingerprint density at radius 2 is 1.56 bits per heavy atom. The number of aliphatic imine (C=N–C) groups is 1. The summed E-state index contributed by atoms with van der Waals surface area (Å²) in [7, 11) is 1.37. The maximum absolute atomic E-state index is 14.1. The minimum atomic E-state index is -0.689. The van der Waals surface area contributed by atoms with Crippen molar-refractivity contribution in [1.82, 2.24) is 4.90 Å². The Morgan fingerprint density at radius 1 is 0.949 bits per heavy atom. The van der Waals surface area contributed by atoms with Crippen molar-refractivity contribution < 1.29 is 14.3 Å². The zero-order valence-electron chi connectivity index (χ0n) is 22.8. The Kier molecular flexibility index (Phi) is 9.14. The monoisotopic (exact) mass is 564 g/mol. The average Bonchev–Trinajstić information content (AvgIpc) is 3.19. The molecule has 1 amide bonds. The number of nitrogens with zero attached hydrogens (tertiary/aromatic N) is 2. The van der Waals surface area contributed by atoms with Crippen molar-refractivity contribution in [3.63, 3.8) is 0 Å². The van der Waals surface area contributed by atoms with Gasteiger partial charge in [0.15, 0.2) is 0 Å². The Balaban J connectivity index is 1.71. The van der Waals surface area contributed by atoms with Crippen molar-refractivity contribution >= 4 is 40.8 Å². The summed E-state index contributed by atoms with van der Waals surface area (Å²) in [5.41, 5.74) is 3.62. The number of unbranched alkanes of at least 4 members (excludes halogenated alkanes) is 1. The standard InChI is InChI=1S/C32H34Cl2N2O3/c1-5-7-11-27(21-12-18-24(19-13-21)31(38)39-4)36-30(37)29(35-32(36,3)20-6-2)23-16-14-22(15-17-23)28-25(33)9-8-10-26(28)34/h8-10,12-19,27H,5-7,11,20H2,1-4H3/t27-,32?/m1/s1. The molecular weight excluding hydrogens is 531 g/mol. The van der Waals surface area contributed by atoms with Gasteiger partial charge in [-0.3, -0.25) is 9.79 Å². The summed E-state index contributed by atoms with van der Waals surface area (Å²) in [6, 6.07) is 20.3. The molecule has 204 valence electrons. The lowest BCUT2D eigenvalue weighted by atomic mass is 9.94. The van der Waals surface area contributed by atoms with Crippen LogP contribution in [0.15, 0.2) is 71.7 Å². The number of carbonyl (C=O) groups excluding carboxylic acids is 2. The second-order valence-electron chi connectivity index (χ2n) is 10.0. The van der Waals surface area contributed by atoms with Gasteiger partial charge in [0.25, 0.3) is 5.91 Å². The van der Waals surface area contributed by atoms with Gasteiger partial charge in [0.1, 0.15) is 11.4 Å². The van der Waals surface area contributed by atoms with E-state index < -0.39 is 5.66 Å². The Labute approximate surface area is 240 Å². The number of methoxy groups -OCH3 is 1. The highest BCUT2D eigenvalue weighted by atomic mass is 35.5. The van der Waals surface area contributed by atoms with Gasteiger partial charge in [-0.2, -0.15) is 0 Å². The molecule has 0 spiro atoms. The van der Waals surface area contributed by atoms with Gasteiger partial charge in [-0.05, 0) is 55.2 Å². The number of amides is 1. The predicted molar refractivity (Wildman–Crippen MR) is 159 cm³/mol. The lowest BCUT2D eigenvalue weighted by Gasteiger charge is -2.39. The molecular formula is C32H34Cl2N2O3. The Hall–Kier alpha value is -3.15. The van der Waals surface area contributed by atoms with E-state index in [1.807, 2.05) is 66.4 Å². The summed E-state index contributed by atoms with van der Waals surface area (Å²) in [5, 5.41) is 1.14. The zero-order valence-corrected chi connectivity index (χ0v) is 24.4. The summed E-state index contributed by atoms with van der Waals surface area (Å²) in [6.45, 7) is 6.29. The Morgan fingerprint density at radius 3 is 2.13 bits per heavy atom. The molecule has 0 saturated heterocycles. The first-order chi connectivity index (χ1) is 18.7. The molecule has 0 fully saturated rings. The third-order valence-electron chi connectivity index (χ3n) is 7.29. The normalized spacial score (nSPS) is 17.7. The van der Waals surface area contributed by atoms with Crippen molar-refractivity contribution in [2.24, 2.45) is 4.99 Å². The van der Waals surface area contributed by atoms with E-state index in [2.05, 4.69) is 13.8 Å². The molecule has 0 aromatic heterocycles. The molecule has 4 rings (SSSR count). The molecule has 39 heavy (non-hydrogen) atoms. The SMILES string of the molecule is CCCC[C@H](c1ccc(C(=O)OC)cc1)N1C(=O)C(c2ccc(-c3c(Cl)cccc3Cl)cc2)=NC1(C)CCC. The fourth-order valence-corrected chi connectivity index (χ4v) is 5.98. The quantitative estimate of drug-likeness (QED) is 0.232. The average molecular weight is 566 g/mol. The van der Waals surface area contributed by atoms with Gasteiger partial charge in [-0.1, -0.05) is 98.8 Å². The van der Waals surface area contributed by atoms with Gasteiger partial charge in [-0.15, -0.1) is 0 Å². The number of benzene rings is 3. The molecule has 1 heterocycles. The molecule has 0 radical (unpaired) electrons. The van der Waals surface area contributed by atoms with Crippen LogP contribution in [0.25, 0.3) is 11.1 Å². The molecule has 1 aliphatic rings. The topological polar surface area (TPSA) is 59.0 Å². The molecule has 3 aromatic rings. The first kappa shape index (κ1) is 28.8. The van der Waals surface area contributed by atoms with Gasteiger partial charge in [0.2, 0.25) is 0 Å². The van der Waals surface area contributed by atoms with Crippen molar-refractivity contribution in [2.75, 3.05) is 7.11 Å². The molecule has 1 unspecified atom stereocenters. The maximum atomic E-state index is 14.1. The lowest BCUT2D eigenvalue weighted by molar-refractivity contribution is -0.131. The van der Waals surface area contributed by atoms with Crippen LogP contribution in [0.3, 0.4) is 0 Å². The smallest absolute Gasteiger partial charge is 0.337 e. The summed E-state index contributed by atoms with van der Waals surface area (Å²) in [6.07, 6.45) is 4.37. The van der Waals surface area contributed by atoms with Gasteiger partial charge in [0, 0.05) is 21.2 Å². The van der Waals surface area contributed by atoms with Crippen molar-refractivity contribution in [3.05, 3.63) is 93.5 Å². The summed E-state index contributed by atoms with van der Waals surface area (Å²) >= 11 is 12.8. The number of halogens is 2. The molecule has 0 saturated carbocycles. The van der Waals surface area contributed by atoms with Gasteiger partial charge < -0.3 is 9.64 Å². The summed E-state index contributed by atoms with van der Waals surface area (Å²) < 4.78 is 4.86. The molecule has 3 aromatic carbocycles. The predicted octanol–water partition coefficient (Wildman–Crippen LogP) is 8.53. The highest BCUT2D eigenvalue weighted by molar-refractivity contribution is 6.47. The lowest BCUT2D eigenvalue weighted by Crippen LogP contribution is -2.47. The fraction of sp³-hybridized carbons (Fsp3) is 0.344. The molecule has 1 aliphatic heterocycles. The van der Waals surface area contributed by atoms with E-state index >= 15 is 0 Å². The van der Waals surface area contributed by atoms with E-state index in [1.165, 1.54) is 7.11 Å². The van der Waals surface area contributed by atoms with Crippen LogP contribution in [0, 0.1) is 0 Å². The van der Waals surface area contributed by atoms with Crippen LogP contribution >= 0.6 is 23.2 Å². The molecule has 2 atom stereocenters. The van der Waals surface area contributed by atoms with E-state index in [0.717, 1.165) is 54.4 Å². The van der Waals surface area contributed by atoms with E-state index in [0.29, 0.717) is 21.3 Å². The molecule has 7 heteroatoms.